The molecule has 0 amide bonds. The van der Waals surface area contributed by atoms with Crippen LogP contribution in [0.15, 0.2) is 35.2 Å². The van der Waals surface area contributed by atoms with E-state index in [0.717, 1.165) is 0 Å². The summed E-state index contributed by atoms with van der Waals surface area (Å²) in [5, 5.41) is 16.6. The molecule has 1 saturated carbocycles. The van der Waals surface area contributed by atoms with Crippen LogP contribution in [0.3, 0.4) is 0 Å². The quantitative estimate of drug-likeness (QED) is 0.858. The Morgan fingerprint density at radius 2 is 2.00 bits per heavy atom. The van der Waals surface area contributed by atoms with Crippen molar-refractivity contribution >= 4 is 15.8 Å². The van der Waals surface area contributed by atoms with Crippen molar-refractivity contribution in [3.05, 3.63) is 30.3 Å². The van der Waals surface area contributed by atoms with Crippen LogP contribution in [0, 0.1) is 16.7 Å². The molecule has 1 fully saturated rings. The number of benzene rings is 1. The number of nitrogens with zero attached hydrogens (tertiary/aromatic N) is 1. The van der Waals surface area contributed by atoms with Crippen molar-refractivity contribution in [2.45, 2.75) is 16.6 Å². The monoisotopic (exact) mass is 251 g/mol. The molecule has 0 radical (unpaired) electrons. The van der Waals surface area contributed by atoms with Gasteiger partial charge in [0.25, 0.3) is 0 Å². The highest BCUT2D eigenvalue weighted by Crippen LogP contribution is 2.52. The SMILES string of the molecule is N#C[C@]1(C(=O)O)C[C@@H]1S(=O)(=O)c1ccccc1. The van der Waals surface area contributed by atoms with Crippen molar-refractivity contribution < 1.29 is 18.3 Å². The minimum absolute atomic E-state index is 0.0587. The molecule has 0 unspecified atom stereocenters. The second-order valence-electron chi connectivity index (χ2n) is 3.94. The van der Waals surface area contributed by atoms with E-state index in [2.05, 4.69) is 0 Å². The van der Waals surface area contributed by atoms with Crippen LogP contribution in [-0.4, -0.2) is 24.7 Å². The first-order chi connectivity index (χ1) is 7.95. The Balaban J connectivity index is 2.40. The summed E-state index contributed by atoms with van der Waals surface area (Å²) in [4.78, 5) is 11.0. The Kier molecular flexibility index (Phi) is 2.44. The van der Waals surface area contributed by atoms with Crippen LogP contribution >= 0.6 is 0 Å². The number of carbonyl (C=O) groups is 1. The first-order valence-electron chi connectivity index (χ1n) is 4.89. The third-order valence-corrected chi connectivity index (χ3v) is 5.17. The van der Waals surface area contributed by atoms with Crippen molar-refractivity contribution in [1.82, 2.24) is 0 Å². The Morgan fingerprint density at radius 3 is 2.41 bits per heavy atom. The summed E-state index contributed by atoms with van der Waals surface area (Å²) >= 11 is 0. The first kappa shape index (κ1) is 11.6. The second kappa shape index (κ2) is 3.57. The molecule has 2 atom stereocenters. The van der Waals surface area contributed by atoms with Gasteiger partial charge in [-0.1, -0.05) is 18.2 Å². The van der Waals surface area contributed by atoms with Crippen molar-refractivity contribution in [2.24, 2.45) is 5.41 Å². The van der Waals surface area contributed by atoms with E-state index in [4.69, 9.17) is 10.4 Å². The van der Waals surface area contributed by atoms with Gasteiger partial charge in [-0.15, -0.1) is 0 Å². The van der Waals surface area contributed by atoms with E-state index < -0.39 is 26.5 Å². The van der Waals surface area contributed by atoms with Gasteiger partial charge in [0, 0.05) is 0 Å². The Hall–Kier alpha value is -1.87. The maximum Gasteiger partial charge on any atom is 0.325 e. The standard InChI is InChI=1S/C11H9NO4S/c12-7-11(10(13)14)6-9(11)17(15,16)8-4-2-1-3-5-8/h1-5,9H,6H2,(H,13,14)/t9-,11+/m0/s1. The second-order valence-corrected chi connectivity index (χ2v) is 6.07. The van der Waals surface area contributed by atoms with Crippen LogP contribution in [0.2, 0.25) is 0 Å². The normalized spacial score (nSPS) is 27.1. The summed E-state index contributed by atoms with van der Waals surface area (Å²) < 4.78 is 24.1. The zero-order valence-electron chi connectivity index (χ0n) is 8.70. The zero-order valence-corrected chi connectivity index (χ0v) is 9.52. The lowest BCUT2D eigenvalue weighted by Gasteiger charge is -2.04. The molecule has 2 rings (SSSR count). The molecule has 5 nitrogen and oxygen atoms in total. The lowest BCUT2D eigenvalue weighted by molar-refractivity contribution is -0.141. The van der Waals surface area contributed by atoms with Gasteiger partial charge in [0.15, 0.2) is 15.3 Å². The summed E-state index contributed by atoms with van der Waals surface area (Å²) in [6.45, 7) is 0. The molecule has 17 heavy (non-hydrogen) atoms. The van der Waals surface area contributed by atoms with E-state index in [0.29, 0.717) is 0 Å². The highest BCUT2D eigenvalue weighted by Gasteiger charge is 2.68. The van der Waals surface area contributed by atoms with E-state index in [1.54, 1.807) is 24.3 Å². The molecule has 0 saturated heterocycles. The van der Waals surface area contributed by atoms with Gasteiger partial charge in [0.05, 0.1) is 16.2 Å². The molecular weight excluding hydrogens is 242 g/mol. The fraction of sp³-hybridized carbons (Fsp3) is 0.273. The van der Waals surface area contributed by atoms with Crippen molar-refractivity contribution in [3.8, 4) is 6.07 Å². The lowest BCUT2D eigenvalue weighted by Crippen LogP contribution is -2.22. The summed E-state index contributed by atoms with van der Waals surface area (Å²) in [6.07, 6.45) is -0.143. The van der Waals surface area contributed by atoms with Gasteiger partial charge in [0.2, 0.25) is 0 Å². The molecule has 6 heteroatoms. The number of aliphatic carboxylic acids is 1. The van der Waals surface area contributed by atoms with Gasteiger partial charge >= 0.3 is 5.97 Å². The molecule has 0 aromatic heterocycles. The van der Waals surface area contributed by atoms with E-state index in [9.17, 15) is 13.2 Å². The molecule has 1 aromatic rings. The molecule has 0 spiro atoms. The van der Waals surface area contributed by atoms with Crippen LogP contribution in [0.1, 0.15) is 6.42 Å². The van der Waals surface area contributed by atoms with E-state index in [1.165, 1.54) is 12.1 Å². The van der Waals surface area contributed by atoms with E-state index in [1.807, 2.05) is 0 Å². The number of rotatable bonds is 3. The maximum absolute atomic E-state index is 12.1. The molecule has 1 aliphatic carbocycles. The lowest BCUT2D eigenvalue weighted by atomic mass is 10.1. The maximum atomic E-state index is 12.1. The summed E-state index contributed by atoms with van der Waals surface area (Å²) in [5.74, 6) is -1.37. The fourth-order valence-electron chi connectivity index (χ4n) is 1.77. The minimum atomic E-state index is -3.73. The molecule has 0 bridgehead atoms. The molecule has 0 aliphatic heterocycles. The van der Waals surface area contributed by atoms with Crippen molar-refractivity contribution in [2.75, 3.05) is 0 Å². The number of carboxylic acid groups (broad SMARTS) is 1. The fourth-order valence-corrected chi connectivity index (χ4v) is 3.80. The van der Waals surface area contributed by atoms with Crippen LogP contribution < -0.4 is 0 Å². The van der Waals surface area contributed by atoms with Gasteiger partial charge < -0.3 is 5.11 Å². The highest BCUT2D eigenvalue weighted by atomic mass is 32.2. The predicted octanol–water partition coefficient (Wildman–Crippen LogP) is 0.827. The van der Waals surface area contributed by atoms with Crippen LogP contribution in [0.25, 0.3) is 0 Å². The molecule has 88 valence electrons. The average molecular weight is 251 g/mol. The molecule has 0 heterocycles. The minimum Gasteiger partial charge on any atom is -0.480 e. The first-order valence-corrected chi connectivity index (χ1v) is 6.43. The topological polar surface area (TPSA) is 95.2 Å². The van der Waals surface area contributed by atoms with Gasteiger partial charge in [-0.3, -0.25) is 4.79 Å². The van der Waals surface area contributed by atoms with Gasteiger partial charge in [0.1, 0.15) is 0 Å². The Labute approximate surface area is 98.2 Å². The molecule has 1 aliphatic rings. The molecule has 1 aromatic carbocycles. The smallest absolute Gasteiger partial charge is 0.325 e. The van der Waals surface area contributed by atoms with Crippen LogP contribution in [-0.2, 0) is 14.6 Å². The number of carboxylic acids is 1. The number of hydrogen-bond acceptors (Lipinski definition) is 4. The summed E-state index contributed by atoms with van der Waals surface area (Å²) in [7, 11) is -3.73. The highest BCUT2D eigenvalue weighted by molar-refractivity contribution is 7.92. The Bertz CT molecular complexity index is 602. The van der Waals surface area contributed by atoms with Crippen LogP contribution in [0.4, 0.5) is 0 Å². The van der Waals surface area contributed by atoms with Gasteiger partial charge in [-0.2, -0.15) is 5.26 Å². The van der Waals surface area contributed by atoms with Gasteiger partial charge in [-0.05, 0) is 18.6 Å². The molecular formula is C11H9NO4S. The molecule has 1 N–H and O–H groups in total. The number of nitriles is 1. The number of hydrogen-bond donors (Lipinski definition) is 1. The third kappa shape index (κ3) is 1.59. The summed E-state index contributed by atoms with van der Waals surface area (Å²) in [5.41, 5.74) is -1.77. The van der Waals surface area contributed by atoms with Gasteiger partial charge in [-0.25, -0.2) is 8.42 Å². The largest absolute Gasteiger partial charge is 0.480 e. The predicted molar refractivity (Wildman–Crippen MR) is 57.7 cm³/mol. The summed E-state index contributed by atoms with van der Waals surface area (Å²) in [6, 6.07) is 9.19. The average Bonchev–Trinajstić information content (AvgIpc) is 3.07. The third-order valence-electron chi connectivity index (χ3n) is 2.92. The van der Waals surface area contributed by atoms with E-state index >= 15 is 0 Å². The van der Waals surface area contributed by atoms with Crippen molar-refractivity contribution in [3.63, 3.8) is 0 Å². The Morgan fingerprint density at radius 1 is 1.41 bits per heavy atom. The van der Waals surface area contributed by atoms with E-state index in [-0.39, 0.29) is 11.3 Å². The number of sulfone groups is 1. The van der Waals surface area contributed by atoms with Crippen molar-refractivity contribution in [1.29, 1.82) is 5.26 Å². The zero-order chi connectivity index (χ0) is 12.7. The van der Waals surface area contributed by atoms with Crippen LogP contribution in [0.5, 0.6) is 0 Å².